The highest BCUT2D eigenvalue weighted by Crippen LogP contribution is 2.30. The summed E-state index contributed by atoms with van der Waals surface area (Å²) in [7, 11) is 0. The van der Waals surface area contributed by atoms with E-state index < -0.39 is 0 Å². The molecule has 0 heterocycles. The molecule has 2 nitrogen and oxygen atoms in total. The third-order valence-electron chi connectivity index (χ3n) is 3.09. The first kappa shape index (κ1) is 12.7. The van der Waals surface area contributed by atoms with Crippen LogP contribution in [0.2, 0.25) is 0 Å². The Kier molecular flexibility index (Phi) is 4.00. The molecule has 0 aliphatic heterocycles. The SMILES string of the molecule is CC(CCN)(Oc1ccccc1)c1ccccc1. The number of hydrogen-bond donors (Lipinski definition) is 1. The van der Waals surface area contributed by atoms with E-state index in [0.717, 1.165) is 17.7 Å². The normalized spacial score (nSPS) is 13.9. The van der Waals surface area contributed by atoms with Crippen molar-refractivity contribution >= 4 is 0 Å². The van der Waals surface area contributed by atoms with Gasteiger partial charge in [0.1, 0.15) is 11.4 Å². The first-order valence-corrected chi connectivity index (χ1v) is 6.24. The number of nitrogens with two attached hydrogens (primary N) is 1. The summed E-state index contributed by atoms with van der Waals surface area (Å²) in [6, 6.07) is 20.1. The highest BCUT2D eigenvalue weighted by molar-refractivity contribution is 5.27. The molecule has 0 aliphatic rings. The Morgan fingerprint density at radius 1 is 0.944 bits per heavy atom. The smallest absolute Gasteiger partial charge is 0.132 e. The fraction of sp³-hybridized carbons (Fsp3) is 0.250. The number of benzene rings is 2. The van der Waals surface area contributed by atoms with E-state index in [2.05, 4.69) is 19.1 Å². The summed E-state index contributed by atoms with van der Waals surface area (Å²) in [5, 5.41) is 0. The lowest BCUT2D eigenvalue weighted by molar-refractivity contribution is 0.0797. The fourth-order valence-electron chi connectivity index (χ4n) is 2.07. The van der Waals surface area contributed by atoms with Gasteiger partial charge in [0, 0.05) is 6.42 Å². The maximum Gasteiger partial charge on any atom is 0.132 e. The zero-order valence-electron chi connectivity index (χ0n) is 10.7. The number of hydrogen-bond acceptors (Lipinski definition) is 2. The van der Waals surface area contributed by atoms with Crippen molar-refractivity contribution in [1.82, 2.24) is 0 Å². The van der Waals surface area contributed by atoms with E-state index in [-0.39, 0.29) is 5.60 Å². The van der Waals surface area contributed by atoms with Crippen LogP contribution in [0.25, 0.3) is 0 Å². The summed E-state index contributed by atoms with van der Waals surface area (Å²) < 4.78 is 6.15. The highest BCUT2D eigenvalue weighted by Gasteiger charge is 2.27. The lowest BCUT2D eigenvalue weighted by Gasteiger charge is -2.31. The van der Waals surface area contributed by atoms with Crippen molar-refractivity contribution < 1.29 is 4.74 Å². The van der Waals surface area contributed by atoms with E-state index in [1.165, 1.54) is 0 Å². The Balaban J connectivity index is 2.27. The van der Waals surface area contributed by atoms with Crippen molar-refractivity contribution in [1.29, 1.82) is 0 Å². The molecule has 0 saturated heterocycles. The van der Waals surface area contributed by atoms with Gasteiger partial charge in [0.25, 0.3) is 0 Å². The molecule has 2 aromatic rings. The summed E-state index contributed by atoms with van der Waals surface area (Å²) in [6.07, 6.45) is 0.784. The summed E-state index contributed by atoms with van der Waals surface area (Å²) >= 11 is 0. The monoisotopic (exact) mass is 241 g/mol. The molecule has 1 atom stereocenters. The molecule has 2 aromatic carbocycles. The molecule has 0 aromatic heterocycles. The Hall–Kier alpha value is -1.80. The van der Waals surface area contributed by atoms with Crippen LogP contribution >= 0.6 is 0 Å². The van der Waals surface area contributed by atoms with Crippen LogP contribution in [0.15, 0.2) is 60.7 Å². The highest BCUT2D eigenvalue weighted by atomic mass is 16.5. The van der Waals surface area contributed by atoms with Gasteiger partial charge in [0.15, 0.2) is 0 Å². The summed E-state index contributed by atoms with van der Waals surface area (Å²) in [5.74, 6) is 0.873. The van der Waals surface area contributed by atoms with Crippen LogP contribution in [-0.4, -0.2) is 6.54 Å². The molecule has 0 bridgehead atoms. The molecule has 2 heteroatoms. The van der Waals surface area contributed by atoms with E-state index >= 15 is 0 Å². The summed E-state index contributed by atoms with van der Waals surface area (Å²) in [6.45, 7) is 2.68. The number of rotatable bonds is 5. The minimum Gasteiger partial charge on any atom is -0.483 e. The molecule has 0 saturated carbocycles. The third kappa shape index (κ3) is 2.90. The van der Waals surface area contributed by atoms with Crippen LogP contribution in [0.4, 0.5) is 0 Å². The molecule has 94 valence electrons. The van der Waals surface area contributed by atoms with Crippen LogP contribution in [-0.2, 0) is 5.60 Å². The van der Waals surface area contributed by atoms with E-state index in [1.54, 1.807) is 0 Å². The van der Waals surface area contributed by atoms with Gasteiger partial charge in [-0.1, -0.05) is 48.5 Å². The molecular weight excluding hydrogens is 222 g/mol. The van der Waals surface area contributed by atoms with Crippen molar-refractivity contribution in [3.05, 3.63) is 66.2 Å². The Morgan fingerprint density at radius 2 is 1.50 bits per heavy atom. The molecular formula is C16H19NO. The molecule has 1 unspecified atom stereocenters. The van der Waals surface area contributed by atoms with Gasteiger partial charge in [-0.05, 0) is 31.2 Å². The van der Waals surface area contributed by atoms with Crippen LogP contribution in [0.1, 0.15) is 18.9 Å². The second-order valence-corrected chi connectivity index (χ2v) is 4.55. The maximum absolute atomic E-state index is 6.15. The van der Waals surface area contributed by atoms with Gasteiger partial charge >= 0.3 is 0 Å². The minimum atomic E-state index is -0.378. The molecule has 0 fully saturated rings. The molecule has 0 spiro atoms. The Bertz CT molecular complexity index is 469. The quantitative estimate of drug-likeness (QED) is 0.871. The van der Waals surface area contributed by atoms with Crippen LogP contribution in [0, 0.1) is 0 Å². The predicted molar refractivity (Wildman–Crippen MR) is 74.5 cm³/mol. The standard InChI is InChI=1S/C16H19NO/c1-16(12-13-17,14-8-4-2-5-9-14)18-15-10-6-3-7-11-15/h2-11H,12-13,17H2,1H3. The van der Waals surface area contributed by atoms with Crippen LogP contribution in [0.5, 0.6) is 5.75 Å². The third-order valence-corrected chi connectivity index (χ3v) is 3.09. The number of para-hydroxylation sites is 1. The van der Waals surface area contributed by atoms with Gasteiger partial charge in [0.05, 0.1) is 0 Å². The minimum absolute atomic E-state index is 0.378. The largest absolute Gasteiger partial charge is 0.483 e. The molecule has 2 rings (SSSR count). The Morgan fingerprint density at radius 3 is 2.06 bits per heavy atom. The maximum atomic E-state index is 6.15. The second-order valence-electron chi connectivity index (χ2n) is 4.55. The number of ether oxygens (including phenoxy) is 1. The Labute approximate surface area is 108 Å². The molecule has 0 aliphatic carbocycles. The fourth-order valence-corrected chi connectivity index (χ4v) is 2.07. The first-order valence-electron chi connectivity index (χ1n) is 6.24. The van der Waals surface area contributed by atoms with Gasteiger partial charge in [-0.3, -0.25) is 0 Å². The van der Waals surface area contributed by atoms with Gasteiger partial charge in [-0.25, -0.2) is 0 Å². The van der Waals surface area contributed by atoms with Crippen molar-refractivity contribution in [2.45, 2.75) is 18.9 Å². The van der Waals surface area contributed by atoms with Crippen molar-refractivity contribution in [2.75, 3.05) is 6.54 Å². The van der Waals surface area contributed by atoms with Crippen molar-refractivity contribution in [2.24, 2.45) is 5.73 Å². The predicted octanol–water partition coefficient (Wildman–Crippen LogP) is 3.33. The van der Waals surface area contributed by atoms with E-state index in [1.807, 2.05) is 48.5 Å². The zero-order chi connectivity index (χ0) is 12.8. The zero-order valence-corrected chi connectivity index (χ0v) is 10.7. The lowest BCUT2D eigenvalue weighted by Crippen LogP contribution is -2.32. The van der Waals surface area contributed by atoms with E-state index in [9.17, 15) is 0 Å². The average molecular weight is 241 g/mol. The van der Waals surface area contributed by atoms with E-state index in [0.29, 0.717) is 6.54 Å². The summed E-state index contributed by atoms with van der Waals surface area (Å²) in [4.78, 5) is 0. The van der Waals surface area contributed by atoms with Gasteiger partial charge in [0.2, 0.25) is 0 Å². The van der Waals surface area contributed by atoms with Gasteiger partial charge in [-0.15, -0.1) is 0 Å². The first-order chi connectivity index (χ1) is 8.74. The van der Waals surface area contributed by atoms with Crippen molar-refractivity contribution in [3.8, 4) is 5.75 Å². The molecule has 0 radical (unpaired) electrons. The van der Waals surface area contributed by atoms with Gasteiger partial charge in [-0.2, -0.15) is 0 Å². The lowest BCUT2D eigenvalue weighted by atomic mass is 9.92. The average Bonchev–Trinajstić information content (AvgIpc) is 2.41. The molecule has 2 N–H and O–H groups in total. The second kappa shape index (κ2) is 5.69. The van der Waals surface area contributed by atoms with Gasteiger partial charge < -0.3 is 10.5 Å². The molecule has 18 heavy (non-hydrogen) atoms. The molecule has 0 amide bonds. The van der Waals surface area contributed by atoms with Crippen LogP contribution < -0.4 is 10.5 Å². The summed E-state index contributed by atoms with van der Waals surface area (Å²) in [5.41, 5.74) is 6.50. The topological polar surface area (TPSA) is 35.2 Å². The van der Waals surface area contributed by atoms with Crippen LogP contribution in [0.3, 0.4) is 0 Å². The van der Waals surface area contributed by atoms with Crippen molar-refractivity contribution in [3.63, 3.8) is 0 Å². The van der Waals surface area contributed by atoms with E-state index in [4.69, 9.17) is 10.5 Å².